The normalized spacial score (nSPS) is 16.8. The standard InChI is InChI=1S/C22H22ClN3O3/c1-13-3-4-15(9-18(13)23)26-21(27)11-20(22(26)28)24-8-7-14-12-25-19-6-5-16(29-2)10-17(14)19/h3-6,9-10,12,20,24-25H,7-8,11H2,1-2H3. The second-order valence-corrected chi connectivity index (χ2v) is 7.59. The zero-order valence-electron chi connectivity index (χ0n) is 16.3. The maximum atomic E-state index is 12.8. The van der Waals surface area contributed by atoms with Crippen LogP contribution in [0.3, 0.4) is 0 Å². The van der Waals surface area contributed by atoms with Crippen LogP contribution < -0.4 is 15.0 Å². The van der Waals surface area contributed by atoms with E-state index in [2.05, 4.69) is 10.3 Å². The fourth-order valence-corrected chi connectivity index (χ4v) is 3.83. The van der Waals surface area contributed by atoms with E-state index in [-0.39, 0.29) is 18.2 Å². The van der Waals surface area contributed by atoms with Gasteiger partial charge in [0.15, 0.2) is 0 Å². The molecule has 0 radical (unpaired) electrons. The Bertz CT molecular complexity index is 1090. The molecule has 3 aromatic rings. The summed E-state index contributed by atoms with van der Waals surface area (Å²) >= 11 is 6.16. The molecule has 7 heteroatoms. The number of anilines is 1. The van der Waals surface area contributed by atoms with E-state index in [0.717, 1.165) is 34.2 Å². The number of H-pyrrole nitrogens is 1. The highest BCUT2D eigenvalue weighted by Crippen LogP contribution is 2.28. The summed E-state index contributed by atoms with van der Waals surface area (Å²) in [4.78, 5) is 29.7. The first-order valence-corrected chi connectivity index (χ1v) is 9.86. The average molecular weight is 412 g/mol. The van der Waals surface area contributed by atoms with E-state index < -0.39 is 6.04 Å². The van der Waals surface area contributed by atoms with Crippen LogP contribution in [-0.2, 0) is 16.0 Å². The van der Waals surface area contributed by atoms with Gasteiger partial charge in [0.2, 0.25) is 5.91 Å². The van der Waals surface area contributed by atoms with Crippen LogP contribution in [0.4, 0.5) is 5.69 Å². The number of methoxy groups -OCH3 is 1. The molecule has 0 saturated carbocycles. The van der Waals surface area contributed by atoms with Crippen molar-refractivity contribution in [1.82, 2.24) is 10.3 Å². The number of benzene rings is 2. The van der Waals surface area contributed by atoms with E-state index in [0.29, 0.717) is 17.3 Å². The van der Waals surface area contributed by atoms with Crippen molar-refractivity contribution in [3.05, 3.63) is 58.7 Å². The minimum atomic E-state index is -0.526. The Hall–Kier alpha value is -2.83. The summed E-state index contributed by atoms with van der Waals surface area (Å²) in [5.41, 5.74) is 3.59. The largest absolute Gasteiger partial charge is 0.497 e. The minimum absolute atomic E-state index is 0.145. The fraction of sp³-hybridized carbons (Fsp3) is 0.273. The van der Waals surface area contributed by atoms with Crippen molar-refractivity contribution in [3.63, 3.8) is 0 Å². The molecular weight excluding hydrogens is 390 g/mol. The predicted octanol–water partition coefficient (Wildman–Crippen LogP) is 3.60. The van der Waals surface area contributed by atoms with Crippen LogP contribution in [0.1, 0.15) is 17.5 Å². The monoisotopic (exact) mass is 411 g/mol. The number of hydrogen-bond donors (Lipinski definition) is 2. The third-order valence-corrected chi connectivity index (χ3v) is 5.73. The molecule has 2 amide bonds. The van der Waals surface area contributed by atoms with Gasteiger partial charge in [0.05, 0.1) is 25.3 Å². The Morgan fingerprint density at radius 3 is 2.83 bits per heavy atom. The van der Waals surface area contributed by atoms with Crippen molar-refractivity contribution >= 4 is 40.0 Å². The van der Waals surface area contributed by atoms with Crippen molar-refractivity contribution in [2.24, 2.45) is 0 Å². The number of halogens is 1. The minimum Gasteiger partial charge on any atom is -0.497 e. The summed E-state index contributed by atoms with van der Waals surface area (Å²) in [5.74, 6) is 0.343. The molecule has 2 heterocycles. The molecule has 1 aliphatic rings. The van der Waals surface area contributed by atoms with Crippen LogP contribution in [0.15, 0.2) is 42.6 Å². The molecule has 1 atom stereocenters. The summed E-state index contributed by atoms with van der Waals surface area (Å²) in [6.07, 6.45) is 2.83. The molecular formula is C22H22ClN3O3. The van der Waals surface area contributed by atoms with Gasteiger partial charge in [0.1, 0.15) is 5.75 Å². The van der Waals surface area contributed by atoms with E-state index in [1.54, 1.807) is 19.2 Å². The van der Waals surface area contributed by atoms with Crippen LogP contribution in [0, 0.1) is 6.92 Å². The van der Waals surface area contributed by atoms with Gasteiger partial charge in [0, 0.05) is 28.7 Å². The quantitative estimate of drug-likeness (QED) is 0.608. The van der Waals surface area contributed by atoms with Gasteiger partial charge in [-0.15, -0.1) is 0 Å². The second-order valence-electron chi connectivity index (χ2n) is 7.19. The van der Waals surface area contributed by atoms with Crippen LogP contribution in [-0.4, -0.2) is 36.5 Å². The van der Waals surface area contributed by atoms with E-state index >= 15 is 0 Å². The van der Waals surface area contributed by atoms with Crippen LogP contribution >= 0.6 is 11.6 Å². The van der Waals surface area contributed by atoms with Gasteiger partial charge in [-0.25, -0.2) is 4.90 Å². The molecule has 150 valence electrons. The van der Waals surface area contributed by atoms with Crippen molar-refractivity contribution < 1.29 is 14.3 Å². The lowest BCUT2D eigenvalue weighted by molar-refractivity contribution is -0.121. The van der Waals surface area contributed by atoms with Gasteiger partial charge in [-0.3, -0.25) is 9.59 Å². The van der Waals surface area contributed by atoms with E-state index in [4.69, 9.17) is 16.3 Å². The molecule has 1 unspecified atom stereocenters. The number of fused-ring (bicyclic) bond motifs is 1. The number of amides is 2. The molecule has 6 nitrogen and oxygen atoms in total. The van der Waals surface area contributed by atoms with Gasteiger partial charge < -0.3 is 15.0 Å². The molecule has 2 aromatic carbocycles. The van der Waals surface area contributed by atoms with Crippen molar-refractivity contribution in [2.75, 3.05) is 18.6 Å². The zero-order chi connectivity index (χ0) is 20.5. The number of ether oxygens (including phenoxy) is 1. The lowest BCUT2D eigenvalue weighted by atomic mass is 10.1. The number of imide groups is 1. The summed E-state index contributed by atoms with van der Waals surface area (Å²) in [6, 6.07) is 10.6. The van der Waals surface area contributed by atoms with Crippen LogP contribution in [0.5, 0.6) is 5.75 Å². The highest BCUT2D eigenvalue weighted by Gasteiger charge is 2.39. The molecule has 29 heavy (non-hydrogen) atoms. The Labute approximate surface area is 173 Å². The molecule has 4 rings (SSSR count). The first-order chi connectivity index (χ1) is 14.0. The maximum Gasteiger partial charge on any atom is 0.251 e. The smallest absolute Gasteiger partial charge is 0.251 e. The van der Waals surface area contributed by atoms with Crippen LogP contribution in [0.2, 0.25) is 5.02 Å². The van der Waals surface area contributed by atoms with Crippen molar-refractivity contribution in [2.45, 2.75) is 25.8 Å². The number of nitrogens with one attached hydrogen (secondary N) is 2. The summed E-state index contributed by atoms with van der Waals surface area (Å²) in [7, 11) is 1.64. The van der Waals surface area contributed by atoms with E-state index in [9.17, 15) is 9.59 Å². The molecule has 1 saturated heterocycles. The summed E-state index contributed by atoms with van der Waals surface area (Å²) in [6.45, 7) is 2.46. The predicted molar refractivity (Wildman–Crippen MR) is 114 cm³/mol. The number of carbonyl (C=O) groups excluding carboxylic acids is 2. The molecule has 1 fully saturated rings. The third-order valence-electron chi connectivity index (χ3n) is 5.32. The zero-order valence-corrected chi connectivity index (χ0v) is 17.0. The van der Waals surface area contributed by atoms with Gasteiger partial charge >= 0.3 is 0 Å². The number of carbonyl (C=O) groups is 2. The highest BCUT2D eigenvalue weighted by atomic mass is 35.5. The molecule has 1 aliphatic heterocycles. The number of aromatic amines is 1. The van der Waals surface area contributed by atoms with Crippen LogP contribution in [0.25, 0.3) is 10.9 Å². The Balaban J connectivity index is 1.42. The van der Waals surface area contributed by atoms with Gasteiger partial charge in [-0.2, -0.15) is 0 Å². The number of rotatable bonds is 6. The van der Waals surface area contributed by atoms with E-state index in [1.807, 2.05) is 37.4 Å². The number of aryl methyl sites for hydroxylation is 1. The van der Waals surface area contributed by atoms with Crippen molar-refractivity contribution in [1.29, 1.82) is 0 Å². The highest BCUT2D eigenvalue weighted by molar-refractivity contribution is 6.32. The average Bonchev–Trinajstić information content (AvgIpc) is 3.24. The molecule has 0 aliphatic carbocycles. The van der Waals surface area contributed by atoms with Gasteiger partial charge in [0.25, 0.3) is 5.91 Å². The number of nitrogens with zero attached hydrogens (tertiary/aromatic N) is 1. The molecule has 0 bridgehead atoms. The third kappa shape index (κ3) is 3.73. The first-order valence-electron chi connectivity index (χ1n) is 9.48. The maximum absolute atomic E-state index is 12.8. The topological polar surface area (TPSA) is 74.4 Å². The SMILES string of the molecule is COc1ccc2[nH]cc(CCNC3CC(=O)N(c4ccc(C)c(Cl)c4)C3=O)c2c1. The summed E-state index contributed by atoms with van der Waals surface area (Å²) < 4.78 is 5.30. The first kappa shape index (κ1) is 19.5. The molecule has 0 spiro atoms. The summed E-state index contributed by atoms with van der Waals surface area (Å²) in [5, 5.41) is 4.86. The second kappa shape index (κ2) is 7.89. The lowest BCUT2D eigenvalue weighted by Crippen LogP contribution is -2.39. The van der Waals surface area contributed by atoms with Gasteiger partial charge in [-0.1, -0.05) is 17.7 Å². The lowest BCUT2D eigenvalue weighted by Gasteiger charge is -2.16. The Kier molecular flexibility index (Phi) is 5.30. The molecule has 1 aromatic heterocycles. The van der Waals surface area contributed by atoms with Gasteiger partial charge in [-0.05, 0) is 54.8 Å². The van der Waals surface area contributed by atoms with Crippen molar-refractivity contribution in [3.8, 4) is 5.75 Å². The Morgan fingerprint density at radius 2 is 2.07 bits per heavy atom. The molecule has 2 N–H and O–H groups in total. The Morgan fingerprint density at radius 1 is 1.24 bits per heavy atom. The fourth-order valence-electron chi connectivity index (χ4n) is 3.66. The number of aromatic nitrogens is 1. The van der Waals surface area contributed by atoms with E-state index in [1.165, 1.54) is 4.90 Å². The number of hydrogen-bond acceptors (Lipinski definition) is 4.